The van der Waals surface area contributed by atoms with E-state index >= 15 is 0 Å². The molecule has 9 heteroatoms. The number of nitrogens with zero attached hydrogens (tertiary/aromatic N) is 1. The van der Waals surface area contributed by atoms with E-state index < -0.39 is 35.5 Å². The molecule has 1 unspecified atom stereocenters. The molecular weight excluding hydrogens is 269 g/mol. The van der Waals surface area contributed by atoms with Crippen LogP contribution in [0.3, 0.4) is 0 Å². The minimum atomic E-state index is -5.03. The Morgan fingerprint density at radius 2 is 1.79 bits per heavy atom. The molecule has 0 fully saturated rings. The number of nitrogens with one attached hydrogen (secondary N) is 1. The van der Waals surface area contributed by atoms with Gasteiger partial charge in [-0.25, -0.2) is 15.1 Å². The van der Waals surface area contributed by atoms with Crippen LogP contribution in [0.4, 0.5) is 13.2 Å². The largest absolute Gasteiger partial charge is 0.478 e. The molecule has 0 bridgehead atoms. The van der Waals surface area contributed by atoms with Crippen molar-refractivity contribution in [1.82, 2.24) is 0 Å². The molecule has 0 amide bonds. The lowest BCUT2D eigenvalue weighted by Crippen LogP contribution is -2.32. The Labute approximate surface area is 104 Å². The SMILES string of the molecule is N=NC(OC(=O)c1ccccc1C(=O)O)C(F)(F)F. The highest BCUT2D eigenvalue weighted by Gasteiger charge is 2.43. The standard InChI is InChI=1S/C10H7F3N2O4/c11-10(12,13)9(15-14)19-8(18)6-4-2-1-3-5(6)7(16)17/h1-4,9,14H,(H,16,17). The summed E-state index contributed by atoms with van der Waals surface area (Å²) in [5.74, 6) is -3.00. The number of hydrogen-bond donors (Lipinski definition) is 2. The normalized spacial score (nSPS) is 12.6. The highest BCUT2D eigenvalue weighted by Crippen LogP contribution is 2.25. The Bertz CT molecular complexity index is 516. The zero-order valence-electron chi connectivity index (χ0n) is 9.14. The molecular formula is C10H7F3N2O4. The summed E-state index contributed by atoms with van der Waals surface area (Å²) in [5, 5.41) is 10.9. The van der Waals surface area contributed by atoms with Crippen LogP contribution in [0.25, 0.3) is 0 Å². The predicted molar refractivity (Wildman–Crippen MR) is 53.8 cm³/mol. The second kappa shape index (κ2) is 5.46. The highest BCUT2D eigenvalue weighted by molar-refractivity contribution is 6.02. The van der Waals surface area contributed by atoms with Gasteiger partial charge >= 0.3 is 24.3 Å². The average molecular weight is 276 g/mol. The first-order valence-electron chi connectivity index (χ1n) is 4.74. The Morgan fingerprint density at radius 1 is 1.26 bits per heavy atom. The van der Waals surface area contributed by atoms with E-state index in [-0.39, 0.29) is 0 Å². The van der Waals surface area contributed by atoms with Crippen LogP contribution in [0.2, 0.25) is 0 Å². The first-order chi connectivity index (χ1) is 8.77. The lowest BCUT2D eigenvalue weighted by atomic mass is 10.1. The summed E-state index contributed by atoms with van der Waals surface area (Å²) in [5.41, 5.74) is 5.27. The van der Waals surface area contributed by atoms with Crippen LogP contribution in [0.15, 0.2) is 29.4 Å². The molecule has 0 saturated heterocycles. The van der Waals surface area contributed by atoms with Gasteiger partial charge in [-0.05, 0) is 12.1 Å². The van der Waals surface area contributed by atoms with Gasteiger partial charge in [0.25, 0.3) is 0 Å². The molecule has 0 heterocycles. The number of carboxylic acid groups (broad SMARTS) is 1. The fourth-order valence-corrected chi connectivity index (χ4v) is 1.18. The molecule has 1 rings (SSSR count). The van der Waals surface area contributed by atoms with Gasteiger partial charge in [-0.3, -0.25) is 0 Å². The number of halogens is 3. The molecule has 0 aromatic heterocycles. The van der Waals surface area contributed by atoms with Crippen molar-refractivity contribution in [3.05, 3.63) is 35.4 Å². The number of esters is 1. The zero-order valence-corrected chi connectivity index (χ0v) is 9.14. The van der Waals surface area contributed by atoms with E-state index in [1.165, 1.54) is 12.1 Å². The van der Waals surface area contributed by atoms with E-state index in [9.17, 15) is 22.8 Å². The number of benzene rings is 1. The lowest BCUT2D eigenvalue weighted by molar-refractivity contribution is -0.204. The minimum Gasteiger partial charge on any atom is -0.478 e. The van der Waals surface area contributed by atoms with E-state index in [0.29, 0.717) is 0 Å². The number of ether oxygens (including phenoxy) is 1. The Morgan fingerprint density at radius 3 is 2.21 bits per heavy atom. The maximum atomic E-state index is 12.2. The third-order valence-electron chi connectivity index (χ3n) is 1.99. The van der Waals surface area contributed by atoms with E-state index in [2.05, 4.69) is 9.85 Å². The minimum absolute atomic E-state index is 0.501. The highest BCUT2D eigenvalue weighted by atomic mass is 19.4. The maximum absolute atomic E-state index is 12.2. The molecule has 1 aromatic carbocycles. The molecule has 0 saturated carbocycles. The smallest absolute Gasteiger partial charge is 0.449 e. The third-order valence-corrected chi connectivity index (χ3v) is 1.99. The molecule has 1 atom stereocenters. The number of carbonyl (C=O) groups excluding carboxylic acids is 1. The van der Waals surface area contributed by atoms with Gasteiger partial charge in [0, 0.05) is 0 Å². The second-order valence-electron chi connectivity index (χ2n) is 3.28. The molecule has 6 nitrogen and oxygen atoms in total. The van der Waals surface area contributed by atoms with Crippen LogP contribution in [0.1, 0.15) is 20.7 Å². The number of carboxylic acids is 1. The predicted octanol–water partition coefficient (Wildman–Crippen LogP) is 2.46. The fourth-order valence-electron chi connectivity index (χ4n) is 1.18. The summed E-state index contributed by atoms with van der Waals surface area (Å²) in [6.07, 6.45) is -7.99. The first kappa shape index (κ1) is 14.6. The monoisotopic (exact) mass is 276 g/mol. The summed E-state index contributed by atoms with van der Waals surface area (Å²) in [7, 11) is 0. The van der Waals surface area contributed by atoms with Crippen molar-refractivity contribution in [2.45, 2.75) is 12.4 Å². The van der Waals surface area contributed by atoms with Gasteiger partial charge in [-0.2, -0.15) is 13.2 Å². The van der Waals surface area contributed by atoms with Crippen molar-refractivity contribution in [1.29, 1.82) is 5.53 Å². The van der Waals surface area contributed by atoms with Gasteiger partial charge in [0.05, 0.1) is 11.1 Å². The van der Waals surface area contributed by atoms with Crippen molar-refractivity contribution in [2.75, 3.05) is 0 Å². The number of rotatable bonds is 4. The Balaban J connectivity index is 3.02. The zero-order chi connectivity index (χ0) is 14.6. The molecule has 0 aliphatic carbocycles. The van der Waals surface area contributed by atoms with Crippen molar-refractivity contribution >= 4 is 11.9 Å². The van der Waals surface area contributed by atoms with Crippen molar-refractivity contribution in [3.63, 3.8) is 0 Å². The fraction of sp³-hybridized carbons (Fsp3) is 0.200. The van der Waals surface area contributed by atoms with Crippen molar-refractivity contribution in [3.8, 4) is 0 Å². The van der Waals surface area contributed by atoms with Crippen LogP contribution in [0, 0.1) is 5.53 Å². The first-order valence-corrected chi connectivity index (χ1v) is 4.74. The van der Waals surface area contributed by atoms with Crippen LogP contribution < -0.4 is 0 Å². The number of aromatic carboxylic acids is 1. The van der Waals surface area contributed by atoms with E-state index in [1.54, 1.807) is 0 Å². The molecule has 0 aliphatic rings. The van der Waals surface area contributed by atoms with E-state index in [1.807, 2.05) is 0 Å². The summed E-state index contributed by atoms with van der Waals surface area (Å²) in [6.45, 7) is 0. The number of hydrogen-bond acceptors (Lipinski definition) is 5. The van der Waals surface area contributed by atoms with Crippen LogP contribution in [-0.2, 0) is 4.74 Å². The van der Waals surface area contributed by atoms with Crippen molar-refractivity contribution in [2.24, 2.45) is 5.11 Å². The number of alkyl halides is 3. The van der Waals surface area contributed by atoms with E-state index in [0.717, 1.165) is 12.1 Å². The molecule has 0 radical (unpaired) electrons. The lowest BCUT2D eigenvalue weighted by Gasteiger charge is -2.15. The molecule has 2 N–H and O–H groups in total. The van der Waals surface area contributed by atoms with Crippen LogP contribution in [0.5, 0.6) is 0 Å². The molecule has 1 aromatic rings. The topological polar surface area (TPSA) is 99.8 Å². The van der Waals surface area contributed by atoms with E-state index in [4.69, 9.17) is 10.6 Å². The quantitative estimate of drug-likeness (QED) is 0.651. The summed E-state index contributed by atoms with van der Waals surface area (Å²) in [6, 6.07) is 4.61. The van der Waals surface area contributed by atoms with Crippen molar-refractivity contribution < 1.29 is 32.6 Å². The second-order valence-corrected chi connectivity index (χ2v) is 3.28. The maximum Gasteiger partial charge on any atom is 0.449 e. The average Bonchev–Trinajstić information content (AvgIpc) is 2.34. The Kier molecular flexibility index (Phi) is 4.20. The summed E-state index contributed by atoms with van der Waals surface area (Å²) in [4.78, 5) is 22.2. The molecule has 0 spiro atoms. The third kappa shape index (κ3) is 3.50. The summed E-state index contributed by atoms with van der Waals surface area (Å²) >= 11 is 0. The van der Waals surface area contributed by atoms with Crippen LogP contribution in [-0.4, -0.2) is 29.4 Å². The van der Waals surface area contributed by atoms with Gasteiger partial charge in [-0.15, -0.1) is 5.11 Å². The van der Waals surface area contributed by atoms with Gasteiger partial charge < -0.3 is 9.84 Å². The van der Waals surface area contributed by atoms with Gasteiger partial charge in [0.2, 0.25) is 0 Å². The summed E-state index contributed by atoms with van der Waals surface area (Å²) < 4.78 is 40.7. The van der Waals surface area contributed by atoms with Gasteiger partial charge in [0.1, 0.15) is 0 Å². The number of carbonyl (C=O) groups is 2. The Hall–Kier alpha value is -2.45. The van der Waals surface area contributed by atoms with Crippen LogP contribution >= 0.6 is 0 Å². The molecule has 102 valence electrons. The van der Waals surface area contributed by atoms with Gasteiger partial charge in [0.15, 0.2) is 0 Å². The molecule has 19 heavy (non-hydrogen) atoms. The molecule has 0 aliphatic heterocycles. The van der Waals surface area contributed by atoms with Gasteiger partial charge in [-0.1, -0.05) is 12.1 Å².